The van der Waals surface area contributed by atoms with Crippen molar-refractivity contribution in [1.29, 1.82) is 0 Å². The van der Waals surface area contributed by atoms with Crippen LogP contribution in [-0.2, 0) is 28.6 Å². The largest absolute Gasteiger partial charge is 0.462 e. The normalized spacial score (nSPS) is 12.6. The number of allylic oxidation sites excluding steroid dienone is 14. The quantitative estimate of drug-likeness (QED) is 0.0261. The zero-order chi connectivity index (χ0) is 56.4. The maximum Gasteiger partial charge on any atom is 0.306 e. The van der Waals surface area contributed by atoms with Crippen LogP contribution in [0.2, 0.25) is 0 Å². The standard InChI is InChI=1S/C72H126O6/c1-4-7-10-13-16-19-22-24-26-28-30-32-34-35-36-37-39-40-42-44-46-48-50-53-56-59-62-65-71(74)77-68-69(67-76-70(73)64-61-58-55-52-21-18-15-12-9-6-3)78-72(75)66-63-60-57-54-51-49-47-45-43-41-38-33-31-29-27-25-23-20-17-14-11-8-5-2/h8,11,17,20,22,24-25,27-28,30-31,33,41,43,69H,4-7,9-10,12-16,18-19,21,23,26,29,32,34-40,42,44-68H2,1-3H3/b11-8-,20-17-,24-22-,27-25-,30-28-,33-31-,43-41-. The first-order valence-electron chi connectivity index (χ1n) is 33.6. The topological polar surface area (TPSA) is 78.9 Å². The summed E-state index contributed by atoms with van der Waals surface area (Å²) < 4.78 is 16.9. The van der Waals surface area contributed by atoms with Crippen LogP contribution in [-0.4, -0.2) is 37.2 Å². The number of hydrogen-bond acceptors (Lipinski definition) is 6. The van der Waals surface area contributed by atoms with E-state index >= 15 is 0 Å². The summed E-state index contributed by atoms with van der Waals surface area (Å²) in [6.45, 7) is 6.53. The Morgan fingerprint density at radius 3 is 0.782 bits per heavy atom. The minimum atomic E-state index is -0.781. The molecule has 0 bridgehead atoms. The van der Waals surface area contributed by atoms with E-state index in [-0.39, 0.29) is 31.1 Å². The zero-order valence-electron chi connectivity index (χ0n) is 51.7. The van der Waals surface area contributed by atoms with E-state index in [1.54, 1.807) is 0 Å². The van der Waals surface area contributed by atoms with Crippen LogP contribution in [0.3, 0.4) is 0 Å². The molecule has 0 aromatic heterocycles. The third-order valence-corrected chi connectivity index (χ3v) is 14.6. The first-order chi connectivity index (χ1) is 38.5. The van der Waals surface area contributed by atoms with Crippen LogP contribution in [0.5, 0.6) is 0 Å². The number of carbonyl (C=O) groups is 3. The summed E-state index contributed by atoms with van der Waals surface area (Å²) in [5.41, 5.74) is 0. The van der Waals surface area contributed by atoms with Gasteiger partial charge in [0.25, 0.3) is 0 Å². The fourth-order valence-electron chi connectivity index (χ4n) is 9.62. The molecule has 0 amide bonds. The van der Waals surface area contributed by atoms with E-state index in [4.69, 9.17) is 14.2 Å². The highest BCUT2D eigenvalue weighted by Crippen LogP contribution is 2.17. The average molecular weight is 1090 g/mol. The molecule has 6 nitrogen and oxygen atoms in total. The molecule has 0 saturated heterocycles. The molecular weight excluding hydrogens is 961 g/mol. The van der Waals surface area contributed by atoms with Gasteiger partial charge in [-0.05, 0) is 96.3 Å². The van der Waals surface area contributed by atoms with Gasteiger partial charge in [0.1, 0.15) is 13.2 Å². The Kier molecular flexibility index (Phi) is 63.2. The number of unbranched alkanes of at least 4 members (excludes halogenated alkanes) is 36. The molecule has 78 heavy (non-hydrogen) atoms. The van der Waals surface area contributed by atoms with Crippen molar-refractivity contribution in [2.75, 3.05) is 13.2 Å². The third-order valence-electron chi connectivity index (χ3n) is 14.6. The van der Waals surface area contributed by atoms with Gasteiger partial charge >= 0.3 is 17.9 Å². The minimum absolute atomic E-state index is 0.0778. The second-order valence-corrected chi connectivity index (χ2v) is 22.4. The molecule has 0 aromatic carbocycles. The zero-order valence-corrected chi connectivity index (χ0v) is 51.7. The minimum Gasteiger partial charge on any atom is -0.462 e. The molecule has 0 aliphatic heterocycles. The summed E-state index contributed by atoms with van der Waals surface area (Å²) in [6, 6.07) is 0. The summed E-state index contributed by atoms with van der Waals surface area (Å²) >= 11 is 0. The van der Waals surface area contributed by atoms with Crippen molar-refractivity contribution >= 4 is 17.9 Å². The van der Waals surface area contributed by atoms with Crippen molar-refractivity contribution in [2.45, 2.75) is 341 Å². The first-order valence-corrected chi connectivity index (χ1v) is 33.6. The molecule has 0 rings (SSSR count). The smallest absolute Gasteiger partial charge is 0.306 e. The highest BCUT2D eigenvalue weighted by atomic mass is 16.6. The van der Waals surface area contributed by atoms with Crippen LogP contribution in [0, 0.1) is 0 Å². The third kappa shape index (κ3) is 63.4. The van der Waals surface area contributed by atoms with Gasteiger partial charge in [0.15, 0.2) is 6.10 Å². The summed E-state index contributed by atoms with van der Waals surface area (Å²) in [6.07, 6.45) is 87.5. The Morgan fingerprint density at radius 1 is 0.269 bits per heavy atom. The lowest BCUT2D eigenvalue weighted by molar-refractivity contribution is -0.167. The van der Waals surface area contributed by atoms with Crippen LogP contribution in [0.15, 0.2) is 85.1 Å². The van der Waals surface area contributed by atoms with Crippen molar-refractivity contribution in [3.63, 3.8) is 0 Å². The maximum atomic E-state index is 12.9. The summed E-state index contributed by atoms with van der Waals surface area (Å²) in [5, 5.41) is 0. The number of carbonyl (C=O) groups excluding carboxylic acids is 3. The molecule has 450 valence electrons. The van der Waals surface area contributed by atoms with Crippen molar-refractivity contribution in [3.05, 3.63) is 85.1 Å². The molecule has 6 heteroatoms. The molecule has 0 N–H and O–H groups in total. The molecule has 0 aromatic rings. The summed E-state index contributed by atoms with van der Waals surface area (Å²) in [4.78, 5) is 38.3. The van der Waals surface area contributed by atoms with E-state index in [0.717, 1.165) is 103 Å². The Hall–Kier alpha value is -3.41. The van der Waals surface area contributed by atoms with Gasteiger partial charge in [0, 0.05) is 19.3 Å². The van der Waals surface area contributed by atoms with Crippen LogP contribution in [0.4, 0.5) is 0 Å². The molecule has 0 radical (unpaired) electrons. The summed E-state index contributed by atoms with van der Waals surface area (Å²) in [7, 11) is 0. The van der Waals surface area contributed by atoms with Gasteiger partial charge in [0.05, 0.1) is 0 Å². The fraction of sp³-hybridized carbons (Fsp3) is 0.764. The second-order valence-electron chi connectivity index (χ2n) is 22.4. The van der Waals surface area contributed by atoms with Crippen molar-refractivity contribution in [2.24, 2.45) is 0 Å². The monoisotopic (exact) mass is 1090 g/mol. The van der Waals surface area contributed by atoms with E-state index in [1.807, 2.05) is 0 Å². The van der Waals surface area contributed by atoms with Crippen LogP contribution in [0.25, 0.3) is 0 Å². The summed E-state index contributed by atoms with van der Waals surface area (Å²) in [5.74, 6) is -0.876. The molecule has 0 saturated carbocycles. The van der Waals surface area contributed by atoms with E-state index in [1.165, 1.54) is 193 Å². The van der Waals surface area contributed by atoms with Crippen LogP contribution < -0.4 is 0 Å². The number of rotatable bonds is 61. The molecule has 0 fully saturated rings. The van der Waals surface area contributed by atoms with E-state index in [2.05, 4.69) is 106 Å². The molecule has 0 aliphatic rings. The van der Waals surface area contributed by atoms with Crippen molar-refractivity contribution < 1.29 is 28.6 Å². The van der Waals surface area contributed by atoms with Gasteiger partial charge in [-0.3, -0.25) is 14.4 Å². The number of hydrogen-bond donors (Lipinski definition) is 0. The molecule has 1 atom stereocenters. The molecule has 1 unspecified atom stereocenters. The van der Waals surface area contributed by atoms with Gasteiger partial charge in [0.2, 0.25) is 0 Å². The predicted molar refractivity (Wildman–Crippen MR) is 339 cm³/mol. The Bertz CT molecular complexity index is 1480. The first kappa shape index (κ1) is 74.6. The van der Waals surface area contributed by atoms with Gasteiger partial charge in [-0.2, -0.15) is 0 Å². The van der Waals surface area contributed by atoms with E-state index in [9.17, 15) is 14.4 Å². The van der Waals surface area contributed by atoms with Crippen molar-refractivity contribution in [3.8, 4) is 0 Å². The average Bonchev–Trinajstić information content (AvgIpc) is 3.44. The van der Waals surface area contributed by atoms with Crippen LogP contribution in [0.1, 0.15) is 335 Å². The van der Waals surface area contributed by atoms with Gasteiger partial charge < -0.3 is 14.2 Å². The lowest BCUT2D eigenvalue weighted by Gasteiger charge is -2.18. The van der Waals surface area contributed by atoms with E-state index in [0.29, 0.717) is 19.3 Å². The number of esters is 3. The highest BCUT2D eigenvalue weighted by molar-refractivity contribution is 5.71. The Balaban J connectivity index is 4.22. The Morgan fingerprint density at radius 2 is 0.500 bits per heavy atom. The SMILES string of the molecule is CC/C=C\C/C=C\C/C=C\C/C=C\C/C=C\CCCCCCCCCC(=O)OC(COC(=O)CCCCCCCCCCCC)COC(=O)CCCCCCCCCCCCCCCCC/C=C\C/C=C\CCCCCCC. The molecule has 0 aliphatic carbocycles. The van der Waals surface area contributed by atoms with Gasteiger partial charge in [-0.25, -0.2) is 0 Å². The molecule has 0 spiro atoms. The lowest BCUT2D eigenvalue weighted by Crippen LogP contribution is -2.30. The number of ether oxygens (including phenoxy) is 3. The van der Waals surface area contributed by atoms with E-state index < -0.39 is 6.10 Å². The highest BCUT2D eigenvalue weighted by Gasteiger charge is 2.19. The van der Waals surface area contributed by atoms with Crippen LogP contribution >= 0.6 is 0 Å². The molecular formula is C72H126O6. The van der Waals surface area contributed by atoms with Gasteiger partial charge in [-0.1, -0.05) is 305 Å². The Labute approximate surface area is 484 Å². The van der Waals surface area contributed by atoms with Crippen molar-refractivity contribution in [1.82, 2.24) is 0 Å². The second kappa shape index (κ2) is 66.1. The lowest BCUT2D eigenvalue weighted by atomic mass is 10.0. The molecule has 0 heterocycles. The fourth-order valence-corrected chi connectivity index (χ4v) is 9.62. The van der Waals surface area contributed by atoms with Gasteiger partial charge in [-0.15, -0.1) is 0 Å². The predicted octanol–water partition coefficient (Wildman–Crippen LogP) is 23.1. The maximum absolute atomic E-state index is 12.9.